The maximum absolute atomic E-state index is 13.3. The first kappa shape index (κ1) is 17.9. The molecule has 0 unspecified atom stereocenters. The van der Waals surface area contributed by atoms with E-state index < -0.39 is 5.97 Å². The van der Waals surface area contributed by atoms with Crippen molar-refractivity contribution >= 4 is 29.5 Å². The van der Waals surface area contributed by atoms with Gasteiger partial charge in [-0.3, -0.25) is 4.99 Å². The number of aromatic carboxylic acids is 1. The number of aryl methyl sites for hydroxylation is 1. The molecule has 26 heavy (non-hydrogen) atoms. The third kappa shape index (κ3) is 3.53. The summed E-state index contributed by atoms with van der Waals surface area (Å²) >= 11 is 6.09. The number of halogens is 2. The van der Waals surface area contributed by atoms with Gasteiger partial charge in [-0.15, -0.1) is 0 Å². The molecule has 0 spiro atoms. The lowest BCUT2D eigenvalue weighted by Gasteiger charge is -2.11. The number of hydrogen-bond donors (Lipinski definition) is 1. The summed E-state index contributed by atoms with van der Waals surface area (Å²) < 4.78 is 15.2. The summed E-state index contributed by atoms with van der Waals surface area (Å²) in [6, 6.07) is 12.8. The third-order valence-electron chi connectivity index (χ3n) is 4.07. The fraction of sp³-hybridized carbons (Fsp3) is 0.100. The Bertz CT molecular complexity index is 1020. The Morgan fingerprint density at radius 1 is 1.19 bits per heavy atom. The molecule has 0 saturated carbocycles. The van der Waals surface area contributed by atoms with Crippen LogP contribution in [0.2, 0.25) is 5.02 Å². The molecule has 3 rings (SSSR count). The Balaban J connectivity index is 1.98. The molecule has 0 amide bonds. The van der Waals surface area contributed by atoms with Crippen LogP contribution in [0.25, 0.3) is 5.69 Å². The Hall–Kier alpha value is -2.92. The number of nitrogens with zero attached hydrogens (tertiary/aromatic N) is 2. The van der Waals surface area contributed by atoms with E-state index >= 15 is 0 Å². The van der Waals surface area contributed by atoms with E-state index in [1.807, 2.05) is 24.5 Å². The SMILES string of the molecule is Cc1cc(C=Nc2cccc(F)c2)c(C)n1-c1ccc(C(=O)O)c(Cl)c1. The van der Waals surface area contributed by atoms with Crippen molar-refractivity contribution < 1.29 is 14.3 Å². The van der Waals surface area contributed by atoms with Crippen molar-refractivity contribution in [3.8, 4) is 5.69 Å². The zero-order valence-corrected chi connectivity index (χ0v) is 15.0. The summed E-state index contributed by atoms with van der Waals surface area (Å²) in [6.07, 6.45) is 1.68. The zero-order valence-electron chi connectivity index (χ0n) is 14.2. The standard InChI is InChI=1S/C20H16ClFN2O2/c1-12-8-14(11-23-16-5-3-4-15(22)9-16)13(2)24(12)17-6-7-18(20(25)26)19(21)10-17/h3-11H,1-2H3,(H,25,26). The minimum atomic E-state index is -1.06. The molecule has 6 heteroatoms. The van der Waals surface area contributed by atoms with Gasteiger partial charge in [0.2, 0.25) is 0 Å². The molecule has 0 saturated heterocycles. The monoisotopic (exact) mass is 370 g/mol. The molecule has 2 aromatic carbocycles. The van der Waals surface area contributed by atoms with Crippen molar-refractivity contribution in [3.63, 3.8) is 0 Å². The highest BCUT2D eigenvalue weighted by Crippen LogP contribution is 2.25. The largest absolute Gasteiger partial charge is 0.478 e. The van der Waals surface area contributed by atoms with Crippen molar-refractivity contribution in [2.75, 3.05) is 0 Å². The molecule has 0 aliphatic carbocycles. The Morgan fingerprint density at radius 3 is 2.62 bits per heavy atom. The number of aromatic nitrogens is 1. The van der Waals surface area contributed by atoms with Gasteiger partial charge in [0.1, 0.15) is 5.82 Å². The minimum Gasteiger partial charge on any atom is -0.478 e. The molecule has 1 N–H and O–H groups in total. The van der Waals surface area contributed by atoms with Crippen LogP contribution in [0.1, 0.15) is 27.3 Å². The van der Waals surface area contributed by atoms with Crippen molar-refractivity contribution in [2.45, 2.75) is 13.8 Å². The summed E-state index contributed by atoms with van der Waals surface area (Å²) in [4.78, 5) is 15.4. The number of carboxylic acid groups (broad SMARTS) is 1. The first-order chi connectivity index (χ1) is 12.4. The van der Waals surface area contributed by atoms with Crippen LogP contribution < -0.4 is 0 Å². The molecule has 1 aromatic heterocycles. The highest BCUT2D eigenvalue weighted by molar-refractivity contribution is 6.33. The van der Waals surface area contributed by atoms with Crippen LogP contribution in [0.3, 0.4) is 0 Å². The number of benzene rings is 2. The number of carboxylic acids is 1. The lowest BCUT2D eigenvalue weighted by atomic mass is 10.2. The molecule has 0 aliphatic rings. The van der Waals surface area contributed by atoms with Gasteiger partial charge in [0.15, 0.2) is 0 Å². The minimum absolute atomic E-state index is 0.0609. The first-order valence-corrected chi connectivity index (χ1v) is 8.26. The van der Waals surface area contributed by atoms with Gasteiger partial charge in [0, 0.05) is 28.9 Å². The number of rotatable bonds is 4. The van der Waals surface area contributed by atoms with Crippen molar-refractivity contribution in [3.05, 3.63) is 81.9 Å². The van der Waals surface area contributed by atoms with Gasteiger partial charge >= 0.3 is 5.97 Å². The molecule has 4 nitrogen and oxygen atoms in total. The number of carbonyl (C=O) groups is 1. The van der Waals surface area contributed by atoms with Gasteiger partial charge in [-0.1, -0.05) is 17.7 Å². The molecule has 0 bridgehead atoms. The smallest absolute Gasteiger partial charge is 0.337 e. The summed E-state index contributed by atoms with van der Waals surface area (Å²) in [5.41, 5.74) is 4.10. The van der Waals surface area contributed by atoms with Gasteiger partial charge in [-0.05, 0) is 56.3 Å². The van der Waals surface area contributed by atoms with Crippen LogP contribution in [0, 0.1) is 19.7 Å². The van der Waals surface area contributed by atoms with E-state index in [1.165, 1.54) is 18.2 Å². The Kier molecular flexibility index (Phi) is 4.91. The van der Waals surface area contributed by atoms with Crippen molar-refractivity contribution in [2.24, 2.45) is 4.99 Å². The quantitative estimate of drug-likeness (QED) is 0.630. The average Bonchev–Trinajstić information content (AvgIpc) is 2.86. The lowest BCUT2D eigenvalue weighted by molar-refractivity contribution is 0.0697. The van der Waals surface area contributed by atoms with Gasteiger partial charge in [0.25, 0.3) is 0 Å². The van der Waals surface area contributed by atoms with E-state index in [4.69, 9.17) is 16.7 Å². The lowest BCUT2D eigenvalue weighted by Crippen LogP contribution is -2.02. The second-order valence-electron chi connectivity index (χ2n) is 5.87. The summed E-state index contributed by atoms with van der Waals surface area (Å²) in [6.45, 7) is 3.87. The molecular weight excluding hydrogens is 355 g/mol. The van der Waals surface area contributed by atoms with E-state index in [1.54, 1.807) is 30.5 Å². The molecule has 1 heterocycles. The van der Waals surface area contributed by atoms with Crippen LogP contribution in [-0.4, -0.2) is 21.9 Å². The molecule has 0 fully saturated rings. The van der Waals surface area contributed by atoms with Gasteiger partial charge in [-0.2, -0.15) is 0 Å². The first-order valence-electron chi connectivity index (χ1n) is 7.88. The Morgan fingerprint density at radius 2 is 1.96 bits per heavy atom. The van der Waals surface area contributed by atoms with Crippen LogP contribution in [-0.2, 0) is 0 Å². The fourth-order valence-corrected chi connectivity index (χ4v) is 3.09. The maximum atomic E-state index is 13.3. The predicted octanol–water partition coefficient (Wildman–Crippen LogP) is 5.34. The predicted molar refractivity (Wildman–Crippen MR) is 101 cm³/mol. The second kappa shape index (κ2) is 7.14. The maximum Gasteiger partial charge on any atom is 0.337 e. The summed E-state index contributed by atoms with van der Waals surface area (Å²) in [7, 11) is 0. The molecule has 0 atom stereocenters. The van der Waals surface area contributed by atoms with E-state index in [2.05, 4.69) is 4.99 Å². The molecule has 3 aromatic rings. The summed E-state index contributed by atoms with van der Waals surface area (Å²) in [5, 5.41) is 9.28. The van der Waals surface area contributed by atoms with E-state index in [-0.39, 0.29) is 16.4 Å². The van der Waals surface area contributed by atoms with E-state index in [9.17, 15) is 9.18 Å². The van der Waals surface area contributed by atoms with E-state index in [0.29, 0.717) is 5.69 Å². The summed E-state index contributed by atoms with van der Waals surface area (Å²) in [5.74, 6) is -1.40. The normalized spacial score (nSPS) is 11.2. The highest BCUT2D eigenvalue weighted by Gasteiger charge is 2.13. The fourth-order valence-electron chi connectivity index (χ4n) is 2.83. The van der Waals surface area contributed by atoms with Crippen LogP contribution in [0.5, 0.6) is 0 Å². The molecule has 0 radical (unpaired) electrons. The zero-order chi connectivity index (χ0) is 18.8. The van der Waals surface area contributed by atoms with Crippen LogP contribution in [0.4, 0.5) is 10.1 Å². The number of aliphatic imine (C=N–C) groups is 1. The van der Waals surface area contributed by atoms with Crippen molar-refractivity contribution in [1.82, 2.24) is 4.57 Å². The molecule has 0 aliphatic heterocycles. The van der Waals surface area contributed by atoms with Gasteiger partial charge in [0.05, 0.1) is 16.3 Å². The van der Waals surface area contributed by atoms with Gasteiger partial charge in [-0.25, -0.2) is 9.18 Å². The second-order valence-corrected chi connectivity index (χ2v) is 6.28. The topological polar surface area (TPSA) is 54.6 Å². The van der Waals surface area contributed by atoms with Gasteiger partial charge < -0.3 is 9.67 Å². The molecule has 132 valence electrons. The van der Waals surface area contributed by atoms with E-state index in [0.717, 1.165) is 22.6 Å². The third-order valence-corrected chi connectivity index (χ3v) is 4.39. The molecular formula is C20H16ClFN2O2. The van der Waals surface area contributed by atoms with Crippen LogP contribution >= 0.6 is 11.6 Å². The number of hydrogen-bond acceptors (Lipinski definition) is 2. The Labute approximate surface area is 155 Å². The van der Waals surface area contributed by atoms with Crippen LogP contribution in [0.15, 0.2) is 53.5 Å². The average molecular weight is 371 g/mol. The van der Waals surface area contributed by atoms with Crippen molar-refractivity contribution in [1.29, 1.82) is 0 Å². The highest BCUT2D eigenvalue weighted by atomic mass is 35.5.